The van der Waals surface area contributed by atoms with Crippen molar-refractivity contribution in [3.8, 4) is 11.4 Å². The van der Waals surface area contributed by atoms with Gasteiger partial charge in [0.15, 0.2) is 0 Å². The van der Waals surface area contributed by atoms with Crippen molar-refractivity contribution in [3.05, 3.63) is 47.7 Å². The van der Waals surface area contributed by atoms with Gasteiger partial charge in [-0.15, -0.1) is 0 Å². The lowest BCUT2D eigenvalue weighted by Gasteiger charge is -2.23. The van der Waals surface area contributed by atoms with Gasteiger partial charge in [-0.05, 0) is 54.5 Å². The molecule has 1 fully saturated rings. The van der Waals surface area contributed by atoms with Crippen LogP contribution in [0.15, 0.2) is 36.5 Å². The summed E-state index contributed by atoms with van der Waals surface area (Å²) in [6.45, 7) is 2.67. The Morgan fingerprint density at radius 3 is 2.78 bits per heavy atom. The number of fused-ring (bicyclic) bond motifs is 5. The highest BCUT2D eigenvalue weighted by Gasteiger charge is 2.28. The molecule has 2 aromatic heterocycles. The van der Waals surface area contributed by atoms with Crippen LogP contribution in [0.1, 0.15) is 55.6 Å². The molecular formula is C23H28N2O2. The lowest BCUT2D eigenvalue weighted by Crippen LogP contribution is -2.07. The summed E-state index contributed by atoms with van der Waals surface area (Å²) >= 11 is 0. The maximum atomic E-state index is 5.19. The third-order valence-electron chi connectivity index (χ3n) is 6.38. The Kier molecular flexibility index (Phi) is 4.54. The summed E-state index contributed by atoms with van der Waals surface area (Å²) in [5.74, 6) is 0.681. The lowest BCUT2D eigenvalue weighted by atomic mass is 9.82. The molecule has 3 heterocycles. The van der Waals surface area contributed by atoms with Crippen molar-refractivity contribution in [3.63, 3.8) is 0 Å². The monoisotopic (exact) mass is 364 g/mol. The number of rotatable bonds is 4. The van der Waals surface area contributed by atoms with E-state index >= 15 is 0 Å². The van der Waals surface area contributed by atoms with Gasteiger partial charge in [0.05, 0.1) is 18.5 Å². The SMILES string of the molecule is COOCc1ccc2c(C3CCCCC3)c3n(c2c1)CCCn1cccc1-3. The molecule has 1 saturated carbocycles. The summed E-state index contributed by atoms with van der Waals surface area (Å²) in [6.07, 6.45) is 10.2. The average Bonchev–Trinajstić information content (AvgIpc) is 3.24. The molecular weight excluding hydrogens is 336 g/mol. The first-order valence-electron chi connectivity index (χ1n) is 10.3. The predicted octanol–water partition coefficient (Wildman–Crippen LogP) is 5.64. The van der Waals surface area contributed by atoms with Gasteiger partial charge in [-0.3, -0.25) is 0 Å². The van der Waals surface area contributed by atoms with Crippen LogP contribution >= 0.6 is 0 Å². The minimum atomic E-state index is 0.488. The number of hydrogen-bond acceptors (Lipinski definition) is 2. The van der Waals surface area contributed by atoms with E-state index in [1.54, 1.807) is 12.7 Å². The molecule has 1 aliphatic heterocycles. The van der Waals surface area contributed by atoms with Gasteiger partial charge in [-0.1, -0.05) is 31.4 Å². The number of nitrogens with zero attached hydrogens (tertiary/aromatic N) is 2. The zero-order chi connectivity index (χ0) is 18.2. The first-order valence-corrected chi connectivity index (χ1v) is 10.3. The molecule has 5 rings (SSSR count). The summed E-state index contributed by atoms with van der Waals surface area (Å²) in [5, 5.41) is 1.44. The molecule has 0 N–H and O–H groups in total. The normalized spacial score (nSPS) is 17.7. The number of aryl methyl sites for hydroxylation is 2. The third kappa shape index (κ3) is 2.91. The maximum Gasteiger partial charge on any atom is 0.107 e. The van der Waals surface area contributed by atoms with Crippen LogP contribution in [0.3, 0.4) is 0 Å². The Bertz CT molecular complexity index is 947. The lowest BCUT2D eigenvalue weighted by molar-refractivity contribution is -0.282. The minimum absolute atomic E-state index is 0.488. The van der Waals surface area contributed by atoms with E-state index in [9.17, 15) is 0 Å². The van der Waals surface area contributed by atoms with E-state index in [0.29, 0.717) is 12.5 Å². The van der Waals surface area contributed by atoms with Crippen molar-refractivity contribution in [2.75, 3.05) is 7.11 Å². The number of aromatic nitrogens is 2. The zero-order valence-corrected chi connectivity index (χ0v) is 16.1. The zero-order valence-electron chi connectivity index (χ0n) is 16.1. The van der Waals surface area contributed by atoms with Gasteiger partial charge in [-0.25, -0.2) is 9.78 Å². The smallest absolute Gasteiger partial charge is 0.107 e. The van der Waals surface area contributed by atoms with Crippen LogP contribution in [-0.2, 0) is 29.5 Å². The molecule has 142 valence electrons. The molecule has 1 aromatic carbocycles. The van der Waals surface area contributed by atoms with E-state index in [-0.39, 0.29) is 0 Å². The predicted molar refractivity (Wildman–Crippen MR) is 108 cm³/mol. The Labute approximate surface area is 160 Å². The van der Waals surface area contributed by atoms with Gasteiger partial charge in [0.25, 0.3) is 0 Å². The number of benzene rings is 1. The molecule has 0 atom stereocenters. The molecule has 2 aliphatic rings. The van der Waals surface area contributed by atoms with Crippen molar-refractivity contribution in [1.82, 2.24) is 9.13 Å². The van der Waals surface area contributed by atoms with E-state index in [1.165, 1.54) is 66.4 Å². The van der Waals surface area contributed by atoms with Crippen molar-refractivity contribution >= 4 is 10.9 Å². The van der Waals surface area contributed by atoms with E-state index in [0.717, 1.165) is 13.1 Å². The average molecular weight is 364 g/mol. The van der Waals surface area contributed by atoms with Crippen LogP contribution in [0.5, 0.6) is 0 Å². The molecule has 0 radical (unpaired) electrons. The Hall–Kier alpha value is -2.04. The van der Waals surface area contributed by atoms with E-state index < -0.39 is 0 Å². The van der Waals surface area contributed by atoms with Gasteiger partial charge < -0.3 is 9.13 Å². The fourth-order valence-corrected chi connectivity index (χ4v) is 5.17. The quantitative estimate of drug-likeness (QED) is 0.443. The van der Waals surface area contributed by atoms with E-state index in [2.05, 4.69) is 45.7 Å². The largest absolute Gasteiger partial charge is 0.346 e. The second kappa shape index (κ2) is 7.17. The molecule has 1 aliphatic carbocycles. The van der Waals surface area contributed by atoms with Crippen molar-refractivity contribution in [2.45, 2.75) is 64.1 Å². The second-order valence-corrected chi connectivity index (χ2v) is 7.97. The van der Waals surface area contributed by atoms with Crippen LogP contribution in [-0.4, -0.2) is 16.2 Å². The van der Waals surface area contributed by atoms with Crippen molar-refractivity contribution in [1.29, 1.82) is 0 Å². The molecule has 0 amide bonds. The Morgan fingerprint density at radius 1 is 1.04 bits per heavy atom. The molecule has 3 aromatic rings. The van der Waals surface area contributed by atoms with Crippen molar-refractivity contribution in [2.24, 2.45) is 0 Å². The third-order valence-corrected chi connectivity index (χ3v) is 6.38. The fourth-order valence-electron chi connectivity index (χ4n) is 5.17. The minimum Gasteiger partial charge on any atom is -0.346 e. The van der Waals surface area contributed by atoms with Crippen LogP contribution in [0.25, 0.3) is 22.3 Å². The Balaban J connectivity index is 1.74. The van der Waals surface area contributed by atoms with Crippen LogP contribution in [0.2, 0.25) is 0 Å². The van der Waals surface area contributed by atoms with Gasteiger partial charge in [0, 0.05) is 30.2 Å². The van der Waals surface area contributed by atoms with Gasteiger partial charge >= 0.3 is 0 Å². The molecule has 4 heteroatoms. The van der Waals surface area contributed by atoms with E-state index in [4.69, 9.17) is 9.78 Å². The first kappa shape index (κ1) is 17.1. The highest BCUT2D eigenvalue weighted by molar-refractivity contribution is 5.92. The molecule has 0 saturated heterocycles. The highest BCUT2D eigenvalue weighted by atomic mass is 17.2. The van der Waals surface area contributed by atoms with Crippen LogP contribution in [0.4, 0.5) is 0 Å². The maximum absolute atomic E-state index is 5.19. The van der Waals surface area contributed by atoms with Crippen LogP contribution < -0.4 is 0 Å². The topological polar surface area (TPSA) is 28.3 Å². The molecule has 0 unspecified atom stereocenters. The summed E-state index contributed by atoms with van der Waals surface area (Å²) in [4.78, 5) is 10.0. The van der Waals surface area contributed by atoms with Gasteiger partial charge in [0.2, 0.25) is 0 Å². The molecule has 0 bridgehead atoms. The molecule has 27 heavy (non-hydrogen) atoms. The van der Waals surface area contributed by atoms with Crippen LogP contribution in [0, 0.1) is 0 Å². The van der Waals surface area contributed by atoms with Gasteiger partial charge in [-0.2, -0.15) is 0 Å². The summed E-state index contributed by atoms with van der Waals surface area (Å²) in [6, 6.07) is 11.3. The highest BCUT2D eigenvalue weighted by Crippen LogP contribution is 2.45. The van der Waals surface area contributed by atoms with E-state index in [1.807, 2.05) is 0 Å². The summed E-state index contributed by atoms with van der Waals surface area (Å²) < 4.78 is 5.02. The van der Waals surface area contributed by atoms with Crippen molar-refractivity contribution < 1.29 is 9.78 Å². The molecule has 0 spiro atoms. The standard InChI is InChI=1S/C23H28N2O2/c1-26-27-16-17-10-11-19-21(15-17)25-14-6-13-24-12-5-9-20(24)23(25)22(19)18-7-3-2-4-8-18/h5,9-12,15,18H,2-4,6-8,13-14,16H2,1H3. The summed E-state index contributed by atoms with van der Waals surface area (Å²) in [5.41, 5.74) is 6.96. The number of hydrogen-bond donors (Lipinski definition) is 0. The fraction of sp³-hybridized carbons (Fsp3) is 0.478. The summed E-state index contributed by atoms with van der Waals surface area (Å²) in [7, 11) is 1.57. The van der Waals surface area contributed by atoms with Gasteiger partial charge in [0.1, 0.15) is 6.61 Å². The first-order chi connectivity index (χ1) is 13.4. The molecule has 4 nitrogen and oxygen atoms in total. The second-order valence-electron chi connectivity index (χ2n) is 7.97. The Morgan fingerprint density at radius 2 is 1.93 bits per heavy atom.